The van der Waals surface area contributed by atoms with Crippen molar-refractivity contribution in [3.05, 3.63) is 83.9 Å². The van der Waals surface area contributed by atoms with Crippen LogP contribution in [0.2, 0.25) is 0 Å². The standard InChI is InChI=1S/C33H40N4O5/c1-35-30(24-14-6-3-7-15-24)33(41)37-28(20-29(38)42-21-22-11-4-2-5-12-22)32(40)36-27(31(34)39)19-25-17-10-16-23-13-8-9-18-26(23)25/h2,4-5,8-13,16-18,24,27-28,30,35H,3,6-7,14-15,19-21H2,1H3,(H2,34,39)(H,36,40)(H,37,41)/t27-,28-,30-/m0/s1. The number of hydrogen-bond donors (Lipinski definition) is 4. The first-order chi connectivity index (χ1) is 20.4. The van der Waals surface area contributed by atoms with Gasteiger partial charge in [-0.15, -0.1) is 0 Å². The first-order valence-corrected chi connectivity index (χ1v) is 14.6. The quantitative estimate of drug-likeness (QED) is 0.232. The maximum Gasteiger partial charge on any atom is 0.308 e. The minimum absolute atomic E-state index is 0.0359. The van der Waals surface area contributed by atoms with Crippen LogP contribution in [-0.4, -0.2) is 48.9 Å². The molecule has 3 aromatic carbocycles. The van der Waals surface area contributed by atoms with Crippen LogP contribution in [0.25, 0.3) is 10.8 Å². The third kappa shape index (κ3) is 8.39. The van der Waals surface area contributed by atoms with Crippen molar-refractivity contribution >= 4 is 34.5 Å². The number of esters is 1. The van der Waals surface area contributed by atoms with Crippen LogP contribution in [0.1, 0.15) is 49.7 Å². The Hall–Kier alpha value is -4.24. The molecule has 4 rings (SSSR count). The Morgan fingerprint density at radius 1 is 0.833 bits per heavy atom. The van der Waals surface area contributed by atoms with E-state index in [1.807, 2.05) is 72.8 Å². The number of nitrogens with one attached hydrogen (secondary N) is 3. The molecule has 0 bridgehead atoms. The van der Waals surface area contributed by atoms with Crippen molar-refractivity contribution in [1.82, 2.24) is 16.0 Å². The number of benzene rings is 3. The number of hydrogen-bond acceptors (Lipinski definition) is 6. The predicted octanol–water partition coefficient (Wildman–Crippen LogP) is 3.14. The zero-order chi connectivity index (χ0) is 29.9. The maximum absolute atomic E-state index is 13.6. The summed E-state index contributed by atoms with van der Waals surface area (Å²) in [6.07, 6.45) is 4.79. The number of fused-ring (bicyclic) bond motifs is 1. The molecule has 1 aliphatic rings. The summed E-state index contributed by atoms with van der Waals surface area (Å²) >= 11 is 0. The summed E-state index contributed by atoms with van der Waals surface area (Å²) in [5, 5.41) is 10.5. The van der Waals surface area contributed by atoms with Gasteiger partial charge in [0.05, 0.1) is 12.5 Å². The molecule has 222 valence electrons. The summed E-state index contributed by atoms with van der Waals surface area (Å²) in [6.45, 7) is 0.0359. The first-order valence-electron chi connectivity index (χ1n) is 14.6. The number of ether oxygens (including phenoxy) is 1. The van der Waals surface area contributed by atoms with Gasteiger partial charge in [0.15, 0.2) is 0 Å². The number of primary amides is 1. The molecule has 0 spiro atoms. The molecule has 0 aliphatic heterocycles. The van der Waals surface area contributed by atoms with Gasteiger partial charge >= 0.3 is 5.97 Å². The Morgan fingerprint density at radius 3 is 2.21 bits per heavy atom. The lowest BCUT2D eigenvalue weighted by Gasteiger charge is -2.30. The number of carbonyl (C=O) groups is 4. The van der Waals surface area contributed by atoms with Crippen LogP contribution in [-0.2, 0) is 36.9 Å². The second kappa shape index (κ2) is 15.1. The van der Waals surface area contributed by atoms with Crippen molar-refractivity contribution in [2.45, 2.75) is 69.7 Å². The second-order valence-electron chi connectivity index (χ2n) is 10.9. The molecular weight excluding hydrogens is 532 g/mol. The average molecular weight is 573 g/mol. The van der Waals surface area contributed by atoms with Crippen molar-refractivity contribution in [3.8, 4) is 0 Å². The molecule has 3 atom stereocenters. The van der Waals surface area contributed by atoms with Crippen LogP contribution < -0.4 is 21.7 Å². The molecule has 1 saturated carbocycles. The highest BCUT2D eigenvalue weighted by atomic mass is 16.5. The van der Waals surface area contributed by atoms with E-state index in [4.69, 9.17) is 10.5 Å². The fourth-order valence-electron chi connectivity index (χ4n) is 5.67. The smallest absolute Gasteiger partial charge is 0.308 e. The van der Waals surface area contributed by atoms with Gasteiger partial charge in [-0.3, -0.25) is 19.2 Å². The molecule has 0 unspecified atom stereocenters. The van der Waals surface area contributed by atoms with E-state index in [0.717, 1.165) is 54.0 Å². The molecule has 0 aromatic heterocycles. The Kier molecular flexibility index (Phi) is 11.1. The summed E-state index contributed by atoms with van der Waals surface area (Å²) in [5.74, 6) is -2.29. The van der Waals surface area contributed by atoms with Gasteiger partial charge in [0.1, 0.15) is 18.7 Å². The number of amides is 3. The summed E-state index contributed by atoms with van der Waals surface area (Å²) in [4.78, 5) is 52.3. The highest BCUT2D eigenvalue weighted by Gasteiger charge is 2.33. The fourth-order valence-corrected chi connectivity index (χ4v) is 5.67. The molecule has 0 heterocycles. The van der Waals surface area contributed by atoms with Crippen molar-refractivity contribution in [3.63, 3.8) is 0 Å². The number of likely N-dealkylation sites (N-methyl/N-ethyl adjacent to an activating group) is 1. The van der Waals surface area contributed by atoms with Crippen molar-refractivity contribution < 1.29 is 23.9 Å². The van der Waals surface area contributed by atoms with Crippen molar-refractivity contribution in [2.24, 2.45) is 11.7 Å². The zero-order valence-corrected chi connectivity index (χ0v) is 24.0. The zero-order valence-electron chi connectivity index (χ0n) is 24.0. The van der Waals surface area contributed by atoms with Crippen LogP contribution in [0.4, 0.5) is 0 Å². The normalized spacial score (nSPS) is 15.7. The maximum atomic E-state index is 13.6. The topological polar surface area (TPSA) is 140 Å². The van der Waals surface area contributed by atoms with Gasteiger partial charge in [0.25, 0.3) is 0 Å². The van der Waals surface area contributed by atoms with Crippen LogP contribution in [0.5, 0.6) is 0 Å². The molecule has 1 aliphatic carbocycles. The highest BCUT2D eigenvalue weighted by Crippen LogP contribution is 2.26. The highest BCUT2D eigenvalue weighted by molar-refractivity contribution is 5.95. The SMILES string of the molecule is CN[C@H](C(=O)N[C@@H](CC(=O)OCc1ccccc1)C(=O)N[C@@H](Cc1cccc2ccccc12)C(N)=O)C1CCCCC1. The first kappa shape index (κ1) is 30.7. The molecule has 0 radical (unpaired) electrons. The summed E-state index contributed by atoms with van der Waals surface area (Å²) in [6, 6.07) is 19.8. The fraction of sp³-hybridized carbons (Fsp3) is 0.394. The van der Waals surface area contributed by atoms with E-state index in [1.165, 1.54) is 0 Å². The van der Waals surface area contributed by atoms with E-state index in [-0.39, 0.29) is 24.9 Å². The van der Waals surface area contributed by atoms with Crippen molar-refractivity contribution in [1.29, 1.82) is 0 Å². The summed E-state index contributed by atoms with van der Waals surface area (Å²) in [5.41, 5.74) is 7.36. The molecule has 9 nitrogen and oxygen atoms in total. The van der Waals surface area contributed by atoms with E-state index in [1.54, 1.807) is 7.05 Å². The molecular formula is C33H40N4O5. The van der Waals surface area contributed by atoms with Crippen LogP contribution in [0.15, 0.2) is 72.8 Å². The van der Waals surface area contributed by atoms with E-state index >= 15 is 0 Å². The minimum atomic E-state index is -1.26. The molecule has 0 saturated heterocycles. The molecule has 9 heteroatoms. The molecule has 3 aromatic rings. The third-order valence-electron chi connectivity index (χ3n) is 7.93. The van der Waals surface area contributed by atoms with Gasteiger partial charge in [-0.25, -0.2) is 0 Å². The van der Waals surface area contributed by atoms with E-state index < -0.39 is 42.3 Å². The number of nitrogens with two attached hydrogens (primary N) is 1. The van der Waals surface area contributed by atoms with Crippen LogP contribution in [0, 0.1) is 5.92 Å². The second-order valence-corrected chi connectivity index (χ2v) is 10.9. The van der Waals surface area contributed by atoms with Gasteiger partial charge in [-0.05, 0) is 47.7 Å². The Bertz CT molecular complexity index is 1370. The lowest BCUT2D eigenvalue weighted by Crippen LogP contribution is -2.57. The van der Waals surface area contributed by atoms with Gasteiger partial charge in [0.2, 0.25) is 17.7 Å². The molecule has 3 amide bonds. The van der Waals surface area contributed by atoms with E-state index in [2.05, 4.69) is 16.0 Å². The van der Waals surface area contributed by atoms with Gasteiger partial charge < -0.3 is 26.4 Å². The Balaban J connectivity index is 1.49. The van der Waals surface area contributed by atoms with Gasteiger partial charge in [-0.1, -0.05) is 92.1 Å². The van der Waals surface area contributed by atoms with E-state index in [0.29, 0.717) is 0 Å². The molecule has 1 fully saturated rings. The summed E-state index contributed by atoms with van der Waals surface area (Å²) in [7, 11) is 1.72. The van der Waals surface area contributed by atoms with Crippen molar-refractivity contribution in [2.75, 3.05) is 7.05 Å². The largest absolute Gasteiger partial charge is 0.461 e. The summed E-state index contributed by atoms with van der Waals surface area (Å²) < 4.78 is 5.41. The lowest BCUT2D eigenvalue weighted by molar-refractivity contribution is -0.147. The van der Waals surface area contributed by atoms with Gasteiger partial charge in [0, 0.05) is 6.42 Å². The van der Waals surface area contributed by atoms with Gasteiger partial charge in [-0.2, -0.15) is 0 Å². The molecule has 42 heavy (non-hydrogen) atoms. The van der Waals surface area contributed by atoms with E-state index in [9.17, 15) is 19.2 Å². The average Bonchev–Trinajstić information content (AvgIpc) is 3.01. The lowest BCUT2D eigenvalue weighted by atomic mass is 9.83. The number of rotatable bonds is 13. The predicted molar refractivity (Wildman–Crippen MR) is 161 cm³/mol. The Labute approximate surface area is 246 Å². The number of carbonyl (C=O) groups excluding carboxylic acids is 4. The minimum Gasteiger partial charge on any atom is -0.461 e. The third-order valence-corrected chi connectivity index (χ3v) is 7.93. The monoisotopic (exact) mass is 572 g/mol. The van der Waals surface area contributed by atoms with Crippen LogP contribution >= 0.6 is 0 Å². The Morgan fingerprint density at radius 2 is 1.50 bits per heavy atom. The van der Waals surface area contributed by atoms with Crippen LogP contribution in [0.3, 0.4) is 0 Å². The molecule has 5 N–H and O–H groups in total.